The van der Waals surface area contributed by atoms with Crippen LogP contribution in [0.25, 0.3) is 0 Å². The second-order valence-electron chi connectivity index (χ2n) is 3.25. The molecule has 1 rings (SSSR count). The Labute approximate surface area is 102 Å². The summed E-state index contributed by atoms with van der Waals surface area (Å²) < 4.78 is 0. The van der Waals surface area contributed by atoms with Crippen molar-refractivity contribution >= 4 is 23.1 Å². The fourth-order valence-corrected chi connectivity index (χ4v) is 0.889. The first-order valence-electron chi connectivity index (χ1n) is 3.51. The van der Waals surface area contributed by atoms with Gasteiger partial charge in [-0.2, -0.15) is 0 Å². The first-order valence-corrected chi connectivity index (χ1v) is 3.51. The molecular formula is C10H13BrMg. The minimum absolute atomic E-state index is 0. The molecule has 0 radical (unpaired) electrons. The smallest absolute Gasteiger partial charge is 1.00 e. The van der Waals surface area contributed by atoms with Crippen molar-refractivity contribution < 1.29 is 17.0 Å². The summed E-state index contributed by atoms with van der Waals surface area (Å²) in [5.41, 5.74) is 1.33. The molecule has 1 aromatic carbocycles. The summed E-state index contributed by atoms with van der Waals surface area (Å²) in [6.07, 6.45) is 0. The maximum atomic E-state index is 4.04. The fraction of sp³-hybridized carbons (Fsp3) is 0.300. The molecule has 2 heteroatoms. The average molecular weight is 237 g/mol. The van der Waals surface area contributed by atoms with Crippen molar-refractivity contribution in [3.63, 3.8) is 0 Å². The van der Waals surface area contributed by atoms with E-state index in [-0.39, 0.29) is 45.4 Å². The summed E-state index contributed by atoms with van der Waals surface area (Å²) in [4.78, 5) is 0. The van der Waals surface area contributed by atoms with Crippen LogP contribution in [0, 0.1) is 6.92 Å². The molecule has 0 aliphatic rings. The third kappa shape index (κ3) is 4.48. The van der Waals surface area contributed by atoms with Crippen molar-refractivity contribution in [3.05, 3.63) is 42.8 Å². The third-order valence-corrected chi connectivity index (χ3v) is 1.56. The van der Waals surface area contributed by atoms with E-state index in [4.69, 9.17) is 0 Å². The van der Waals surface area contributed by atoms with E-state index in [1.165, 1.54) is 5.56 Å². The van der Waals surface area contributed by atoms with Crippen molar-refractivity contribution in [2.75, 3.05) is 0 Å². The zero-order valence-electron chi connectivity index (χ0n) is 7.68. The molecule has 0 saturated heterocycles. The standard InChI is InChI=1S/C10H13.BrH.Mg/c1-10(2,3)9-7-5-4-6-8-9;;/h4-8H,1H2,2-3H3;1H;/q-1;;+2/p-1. The van der Waals surface area contributed by atoms with Crippen molar-refractivity contribution in [1.82, 2.24) is 0 Å². The van der Waals surface area contributed by atoms with Gasteiger partial charge < -0.3 is 23.9 Å². The molecule has 0 amide bonds. The zero-order valence-corrected chi connectivity index (χ0v) is 10.7. The van der Waals surface area contributed by atoms with Crippen molar-refractivity contribution in [1.29, 1.82) is 0 Å². The van der Waals surface area contributed by atoms with Gasteiger partial charge in [0.05, 0.1) is 0 Å². The quantitative estimate of drug-likeness (QED) is 0.453. The van der Waals surface area contributed by atoms with E-state index in [1.807, 2.05) is 18.2 Å². The molecule has 0 bridgehead atoms. The summed E-state index contributed by atoms with van der Waals surface area (Å²) in [6.45, 7) is 8.27. The molecule has 62 valence electrons. The van der Waals surface area contributed by atoms with Crippen molar-refractivity contribution in [2.45, 2.75) is 19.3 Å². The molecular weight excluding hydrogens is 224 g/mol. The summed E-state index contributed by atoms with van der Waals surface area (Å²) in [7, 11) is 0. The van der Waals surface area contributed by atoms with Crippen LogP contribution in [-0.2, 0) is 5.41 Å². The van der Waals surface area contributed by atoms with Gasteiger partial charge in [0.1, 0.15) is 0 Å². The van der Waals surface area contributed by atoms with Gasteiger partial charge in [0.25, 0.3) is 0 Å². The van der Waals surface area contributed by atoms with Gasteiger partial charge in [-0.25, -0.2) is 0 Å². The molecule has 0 aromatic heterocycles. The molecule has 0 unspecified atom stereocenters. The molecule has 1 aromatic rings. The molecule has 0 spiro atoms. The summed E-state index contributed by atoms with van der Waals surface area (Å²) >= 11 is 0. The van der Waals surface area contributed by atoms with Crippen LogP contribution in [0.15, 0.2) is 30.3 Å². The summed E-state index contributed by atoms with van der Waals surface area (Å²) in [5, 5.41) is 0. The number of hydrogen-bond donors (Lipinski definition) is 0. The van der Waals surface area contributed by atoms with E-state index in [9.17, 15) is 0 Å². The zero-order chi connectivity index (χ0) is 7.61. The van der Waals surface area contributed by atoms with Gasteiger partial charge in [-0.15, -0.1) is 5.41 Å². The molecule has 0 fully saturated rings. The number of halogens is 1. The van der Waals surface area contributed by atoms with E-state index >= 15 is 0 Å². The molecule has 0 N–H and O–H groups in total. The van der Waals surface area contributed by atoms with Crippen LogP contribution < -0.4 is 17.0 Å². The van der Waals surface area contributed by atoms with Gasteiger partial charge in [0.2, 0.25) is 0 Å². The third-order valence-electron chi connectivity index (χ3n) is 1.56. The number of hydrogen-bond acceptors (Lipinski definition) is 0. The van der Waals surface area contributed by atoms with E-state index < -0.39 is 0 Å². The van der Waals surface area contributed by atoms with Crippen LogP contribution in [0.3, 0.4) is 0 Å². The topological polar surface area (TPSA) is 0 Å². The predicted octanol–water partition coefficient (Wildman–Crippen LogP) is -0.579. The Bertz CT molecular complexity index is 201. The second-order valence-corrected chi connectivity index (χ2v) is 3.25. The largest absolute Gasteiger partial charge is 2.00 e. The van der Waals surface area contributed by atoms with Crippen molar-refractivity contribution in [3.8, 4) is 0 Å². The van der Waals surface area contributed by atoms with Crippen LogP contribution in [0.1, 0.15) is 19.4 Å². The van der Waals surface area contributed by atoms with E-state index in [2.05, 4.69) is 32.9 Å². The Morgan fingerprint density at radius 2 is 1.50 bits per heavy atom. The first-order chi connectivity index (χ1) is 4.61. The van der Waals surface area contributed by atoms with E-state index in [0.29, 0.717) is 0 Å². The Kier molecular flexibility index (Phi) is 7.48. The van der Waals surface area contributed by atoms with Crippen LogP contribution in [0.4, 0.5) is 0 Å². The summed E-state index contributed by atoms with van der Waals surface area (Å²) in [6, 6.07) is 10.3. The minimum atomic E-state index is 0. The normalized spacial score (nSPS) is 9.58. The van der Waals surface area contributed by atoms with Crippen LogP contribution in [-0.4, -0.2) is 23.1 Å². The maximum Gasteiger partial charge on any atom is 2.00 e. The number of benzene rings is 1. The molecule has 0 heterocycles. The maximum absolute atomic E-state index is 4.04. The van der Waals surface area contributed by atoms with Gasteiger partial charge in [-0.1, -0.05) is 49.7 Å². The Hall–Kier alpha value is 0.466. The Balaban J connectivity index is 0. The van der Waals surface area contributed by atoms with Crippen LogP contribution in [0.5, 0.6) is 0 Å². The van der Waals surface area contributed by atoms with E-state index in [0.717, 1.165) is 0 Å². The fourth-order valence-electron chi connectivity index (χ4n) is 0.889. The van der Waals surface area contributed by atoms with Gasteiger partial charge >= 0.3 is 23.1 Å². The molecule has 0 atom stereocenters. The van der Waals surface area contributed by atoms with Crippen LogP contribution in [0.2, 0.25) is 0 Å². The van der Waals surface area contributed by atoms with Gasteiger partial charge in [-0.05, 0) is 0 Å². The monoisotopic (exact) mass is 236 g/mol. The Morgan fingerprint density at radius 3 is 1.75 bits per heavy atom. The van der Waals surface area contributed by atoms with E-state index in [1.54, 1.807) is 0 Å². The molecule has 12 heavy (non-hydrogen) atoms. The molecule has 0 aliphatic carbocycles. The number of rotatable bonds is 1. The van der Waals surface area contributed by atoms with Gasteiger partial charge in [-0.3, -0.25) is 0 Å². The summed E-state index contributed by atoms with van der Waals surface area (Å²) in [5.74, 6) is 0. The molecule has 0 saturated carbocycles. The molecule has 0 nitrogen and oxygen atoms in total. The Morgan fingerprint density at radius 1 is 1.08 bits per heavy atom. The van der Waals surface area contributed by atoms with Crippen molar-refractivity contribution in [2.24, 2.45) is 0 Å². The average Bonchev–Trinajstić information content (AvgIpc) is 1.88. The second kappa shape index (κ2) is 6.00. The SMILES string of the molecule is [Br-].[CH2-]C(C)(C)c1ccccc1.[Mg+2]. The molecule has 0 aliphatic heterocycles. The van der Waals surface area contributed by atoms with Gasteiger partial charge in [0.15, 0.2) is 0 Å². The van der Waals surface area contributed by atoms with Gasteiger partial charge in [0, 0.05) is 0 Å². The first kappa shape index (κ1) is 15.0. The predicted molar refractivity (Wildman–Crippen MR) is 50.6 cm³/mol. The minimum Gasteiger partial charge on any atom is -1.00 e. The van der Waals surface area contributed by atoms with Crippen LogP contribution >= 0.6 is 0 Å².